The second-order valence-electron chi connectivity index (χ2n) is 7.26. The van der Waals surface area contributed by atoms with Crippen LogP contribution in [0.3, 0.4) is 0 Å². The topological polar surface area (TPSA) is 58.2 Å². The number of amides is 2. The van der Waals surface area contributed by atoms with Gasteiger partial charge in [-0.3, -0.25) is 9.59 Å². The van der Waals surface area contributed by atoms with E-state index in [0.717, 1.165) is 0 Å². The van der Waals surface area contributed by atoms with Crippen LogP contribution in [0.4, 0.5) is 0 Å². The van der Waals surface area contributed by atoms with E-state index < -0.39 is 0 Å². The lowest BCUT2D eigenvalue weighted by molar-refractivity contribution is -0.128. The molecule has 2 N–H and O–H groups in total. The molecular weight excluding hydrogens is 288 g/mol. The van der Waals surface area contributed by atoms with Gasteiger partial charge in [0.25, 0.3) is 0 Å². The van der Waals surface area contributed by atoms with Crippen LogP contribution in [0.2, 0.25) is 0 Å². The first-order valence-electron chi connectivity index (χ1n) is 8.23. The van der Waals surface area contributed by atoms with Crippen molar-refractivity contribution < 1.29 is 9.59 Å². The molecule has 0 saturated carbocycles. The summed E-state index contributed by atoms with van der Waals surface area (Å²) in [6.45, 7) is 12.9. The Morgan fingerprint density at radius 3 is 2.09 bits per heavy atom. The third-order valence-corrected chi connectivity index (χ3v) is 3.85. The molecule has 0 unspecified atom stereocenters. The normalized spacial score (nSPS) is 11.2. The Hall–Kier alpha value is -1.84. The molecule has 4 heteroatoms. The van der Waals surface area contributed by atoms with Gasteiger partial charge in [-0.05, 0) is 43.9 Å². The average Bonchev–Trinajstić information content (AvgIpc) is 2.41. The van der Waals surface area contributed by atoms with Crippen molar-refractivity contribution in [1.29, 1.82) is 0 Å². The van der Waals surface area contributed by atoms with Crippen LogP contribution in [-0.2, 0) is 16.1 Å². The van der Waals surface area contributed by atoms with Gasteiger partial charge in [-0.2, -0.15) is 0 Å². The van der Waals surface area contributed by atoms with E-state index in [2.05, 4.69) is 43.5 Å². The van der Waals surface area contributed by atoms with E-state index in [9.17, 15) is 9.59 Å². The number of hydrogen-bond donors (Lipinski definition) is 2. The molecule has 1 aromatic carbocycles. The molecule has 0 atom stereocenters. The number of rotatable bonds is 6. The molecule has 0 radical (unpaired) electrons. The summed E-state index contributed by atoms with van der Waals surface area (Å²) in [4.78, 5) is 23.6. The van der Waals surface area contributed by atoms with Crippen LogP contribution in [-0.4, -0.2) is 18.4 Å². The van der Waals surface area contributed by atoms with Gasteiger partial charge in [-0.1, -0.05) is 38.5 Å². The molecular formula is C19H30N2O2. The summed E-state index contributed by atoms with van der Waals surface area (Å²) in [6, 6.07) is 4.27. The van der Waals surface area contributed by atoms with Gasteiger partial charge >= 0.3 is 0 Å². The van der Waals surface area contributed by atoms with E-state index in [1.54, 1.807) is 0 Å². The van der Waals surface area contributed by atoms with Crippen molar-refractivity contribution in [3.8, 4) is 0 Å². The van der Waals surface area contributed by atoms with Gasteiger partial charge in [-0.15, -0.1) is 0 Å². The van der Waals surface area contributed by atoms with Gasteiger partial charge in [0.05, 0.1) is 0 Å². The van der Waals surface area contributed by atoms with Crippen molar-refractivity contribution in [1.82, 2.24) is 10.6 Å². The average molecular weight is 318 g/mol. The van der Waals surface area contributed by atoms with Crippen molar-refractivity contribution >= 4 is 11.8 Å². The molecule has 2 amide bonds. The predicted molar refractivity (Wildman–Crippen MR) is 94.2 cm³/mol. The number of nitrogens with one attached hydrogen (secondary N) is 2. The monoisotopic (exact) mass is 318 g/mol. The molecule has 0 bridgehead atoms. The van der Waals surface area contributed by atoms with Gasteiger partial charge < -0.3 is 10.6 Å². The standard InChI is InChI=1S/C19H30N2O2/c1-13-10-14(2)16(15(3)11-13)12-21-17(22)8-7-9-20-18(23)19(4,5)6/h10-11H,7-9,12H2,1-6H3,(H,20,23)(H,21,22). The molecule has 0 spiro atoms. The first kappa shape index (κ1) is 19.2. The zero-order valence-electron chi connectivity index (χ0n) is 15.3. The Kier molecular flexibility index (Phi) is 6.79. The van der Waals surface area contributed by atoms with Gasteiger partial charge in [0.1, 0.15) is 0 Å². The first-order chi connectivity index (χ1) is 10.6. The first-order valence-corrected chi connectivity index (χ1v) is 8.23. The van der Waals surface area contributed by atoms with E-state index in [1.165, 1.54) is 22.3 Å². The molecule has 0 aliphatic rings. The predicted octanol–water partition coefficient (Wildman–Crippen LogP) is 3.17. The molecule has 0 heterocycles. The lowest BCUT2D eigenvalue weighted by Gasteiger charge is -2.17. The zero-order chi connectivity index (χ0) is 17.6. The molecule has 128 valence electrons. The number of hydrogen-bond acceptors (Lipinski definition) is 2. The number of aryl methyl sites for hydroxylation is 3. The van der Waals surface area contributed by atoms with Crippen LogP contribution in [0, 0.1) is 26.2 Å². The number of benzene rings is 1. The van der Waals surface area contributed by atoms with Crippen molar-refractivity contribution in [2.24, 2.45) is 5.41 Å². The van der Waals surface area contributed by atoms with E-state index in [-0.39, 0.29) is 17.2 Å². The Morgan fingerprint density at radius 1 is 1.00 bits per heavy atom. The quantitative estimate of drug-likeness (QED) is 0.792. The van der Waals surface area contributed by atoms with Crippen LogP contribution in [0.5, 0.6) is 0 Å². The zero-order valence-corrected chi connectivity index (χ0v) is 15.3. The van der Waals surface area contributed by atoms with Crippen LogP contribution in [0.1, 0.15) is 55.9 Å². The Bertz CT molecular complexity index is 548. The molecule has 0 aliphatic heterocycles. The summed E-state index contributed by atoms with van der Waals surface area (Å²) in [5.41, 5.74) is 4.46. The SMILES string of the molecule is Cc1cc(C)c(CNC(=O)CCCNC(=O)C(C)(C)C)c(C)c1. The largest absolute Gasteiger partial charge is 0.356 e. The molecule has 4 nitrogen and oxygen atoms in total. The van der Waals surface area contributed by atoms with E-state index in [4.69, 9.17) is 0 Å². The highest BCUT2D eigenvalue weighted by Gasteiger charge is 2.20. The minimum Gasteiger partial charge on any atom is -0.356 e. The summed E-state index contributed by atoms with van der Waals surface area (Å²) in [7, 11) is 0. The molecule has 0 aromatic heterocycles. The van der Waals surface area contributed by atoms with Gasteiger partial charge in [-0.25, -0.2) is 0 Å². The number of carbonyl (C=O) groups is 2. The summed E-state index contributed by atoms with van der Waals surface area (Å²) < 4.78 is 0. The van der Waals surface area contributed by atoms with Crippen molar-refractivity contribution in [3.05, 3.63) is 34.4 Å². The second-order valence-corrected chi connectivity index (χ2v) is 7.26. The van der Waals surface area contributed by atoms with Crippen LogP contribution >= 0.6 is 0 Å². The van der Waals surface area contributed by atoms with Gasteiger partial charge in [0.2, 0.25) is 11.8 Å². The van der Waals surface area contributed by atoms with Crippen molar-refractivity contribution in [3.63, 3.8) is 0 Å². The summed E-state index contributed by atoms with van der Waals surface area (Å²) in [5.74, 6) is 0.0400. The minimum absolute atomic E-state index is 0.0174. The lowest BCUT2D eigenvalue weighted by Crippen LogP contribution is -2.35. The summed E-state index contributed by atoms with van der Waals surface area (Å²) in [6.07, 6.45) is 1.08. The van der Waals surface area contributed by atoms with E-state index in [1.807, 2.05) is 20.8 Å². The second kappa shape index (κ2) is 8.14. The fourth-order valence-electron chi connectivity index (χ4n) is 2.48. The summed E-state index contributed by atoms with van der Waals surface area (Å²) >= 11 is 0. The molecule has 1 aromatic rings. The molecule has 1 rings (SSSR count). The number of carbonyl (C=O) groups excluding carboxylic acids is 2. The van der Waals surface area contributed by atoms with E-state index >= 15 is 0 Å². The molecule has 0 saturated heterocycles. The Balaban J connectivity index is 2.35. The third kappa shape index (κ3) is 6.43. The fraction of sp³-hybridized carbons (Fsp3) is 0.579. The highest BCUT2D eigenvalue weighted by Crippen LogP contribution is 2.16. The molecule has 0 fully saturated rings. The van der Waals surface area contributed by atoms with Gasteiger partial charge in [0, 0.05) is 24.9 Å². The summed E-state index contributed by atoms with van der Waals surface area (Å²) in [5, 5.41) is 5.82. The molecule has 23 heavy (non-hydrogen) atoms. The van der Waals surface area contributed by atoms with Gasteiger partial charge in [0.15, 0.2) is 0 Å². The third-order valence-electron chi connectivity index (χ3n) is 3.85. The van der Waals surface area contributed by atoms with Crippen molar-refractivity contribution in [2.45, 2.75) is 60.9 Å². The lowest BCUT2D eigenvalue weighted by atomic mass is 9.96. The Labute approximate surface area is 140 Å². The molecule has 0 aliphatic carbocycles. The highest BCUT2D eigenvalue weighted by atomic mass is 16.2. The minimum atomic E-state index is -0.386. The fourth-order valence-corrected chi connectivity index (χ4v) is 2.48. The maximum atomic E-state index is 11.9. The van der Waals surface area contributed by atoms with Crippen LogP contribution < -0.4 is 10.6 Å². The maximum absolute atomic E-state index is 11.9. The Morgan fingerprint density at radius 2 is 1.57 bits per heavy atom. The van der Waals surface area contributed by atoms with Crippen molar-refractivity contribution in [2.75, 3.05) is 6.54 Å². The van der Waals surface area contributed by atoms with Crippen LogP contribution in [0.15, 0.2) is 12.1 Å². The smallest absolute Gasteiger partial charge is 0.225 e. The highest BCUT2D eigenvalue weighted by molar-refractivity contribution is 5.81. The van der Waals surface area contributed by atoms with E-state index in [0.29, 0.717) is 25.9 Å². The maximum Gasteiger partial charge on any atom is 0.225 e. The van der Waals surface area contributed by atoms with Crippen LogP contribution in [0.25, 0.3) is 0 Å².